The fourth-order valence-electron chi connectivity index (χ4n) is 5.67. The lowest BCUT2D eigenvalue weighted by Crippen LogP contribution is -2.53. The molecule has 1 aromatic rings. The van der Waals surface area contributed by atoms with Crippen LogP contribution in [0.15, 0.2) is 51.8 Å². The number of benzene rings is 1. The zero-order valence-electron chi connectivity index (χ0n) is 22.4. The van der Waals surface area contributed by atoms with Gasteiger partial charge in [-0.1, -0.05) is 37.6 Å². The number of aliphatic imine (C=N–C) groups is 1. The number of piperidine rings is 1. The molecule has 1 unspecified atom stereocenters. The molecule has 6 heteroatoms. The number of hydrogen-bond donors (Lipinski definition) is 1. The number of anilines is 1. The second-order valence-corrected chi connectivity index (χ2v) is 11.2. The number of fused-ring (bicyclic) bond motifs is 2. The van der Waals surface area contributed by atoms with Gasteiger partial charge in [-0.2, -0.15) is 0 Å². The molecule has 0 bridgehead atoms. The van der Waals surface area contributed by atoms with E-state index in [1.54, 1.807) is 11.1 Å². The summed E-state index contributed by atoms with van der Waals surface area (Å²) in [5.74, 6) is 0.991. The molecule has 0 radical (unpaired) electrons. The van der Waals surface area contributed by atoms with Gasteiger partial charge in [-0.25, -0.2) is 4.99 Å². The van der Waals surface area contributed by atoms with E-state index < -0.39 is 5.41 Å². The number of carbonyl (C=O) groups is 2. The number of nitrogens with zero attached hydrogens (tertiary/aromatic N) is 3. The molecule has 3 aliphatic rings. The van der Waals surface area contributed by atoms with Gasteiger partial charge in [-0.05, 0) is 70.9 Å². The molecule has 0 aromatic heterocycles. The molecule has 1 saturated carbocycles. The Morgan fingerprint density at radius 2 is 1.86 bits per heavy atom. The standard InChI is InChI=1S/C29H40N4O2/c1-8-30-25(31-28(6)15-16-28)23(19(2)3)24(20(4)5)26(34)33-17-11-14-29(18-33)21-12-9-10-13-22(21)32(7)27(29)35/h8-10,12-13,19,31H,11,14-18H2,1-7H3/b25-23-,30-8?. The summed E-state index contributed by atoms with van der Waals surface area (Å²) in [5, 5.41) is 3.63. The van der Waals surface area contributed by atoms with Crippen LogP contribution in [0.25, 0.3) is 0 Å². The van der Waals surface area contributed by atoms with E-state index in [1.807, 2.05) is 50.9 Å². The van der Waals surface area contributed by atoms with Gasteiger partial charge in [0.25, 0.3) is 5.91 Å². The summed E-state index contributed by atoms with van der Waals surface area (Å²) in [6.07, 6.45) is 5.56. The third-order valence-electron chi connectivity index (χ3n) is 7.77. The first-order chi connectivity index (χ1) is 16.5. The van der Waals surface area contributed by atoms with Gasteiger partial charge in [0, 0.05) is 48.7 Å². The molecule has 1 aromatic carbocycles. The fourth-order valence-corrected chi connectivity index (χ4v) is 5.67. The number of allylic oxidation sites excluding steroid dienone is 1. The molecule has 2 fully saturated rings. The van der Waals surface area contributed by atoms with Crippen LogP contribution in [0.1, 0.15) is 72.8 Å². The van der Waals surface area contributed by atoms with Crippen molar-refractivity contribution < 1.29 is 9.59 Å². The Morgan fingerprint density at radius 1 is 1.17 bits per heavy atom. The van der Waals surface area contributed by atoms with Crippen molar-refractivity contribution in [3.05, 3.63) is 52.4 Å². The molecule has 1 aliphatic carbocycles. The first-order valence-electron chi connectivity index (χ1n) is 12.9. The number of nitrogens with one attached hydrogen (secondary N) is 1. The van der Waals surface area contributed by atoms with Crippen molar-refractivity contribution in [3.63, 3.8) is 0 Å². The van der Waals surface area contributed by atoms with Crippen molar-refractivity contribution >= 4 is 23.7 Å². The number of carbonyl (C=O) groups excluding carboxylic acids is 2. The van der Waals surface area contributed by atoms with Gasteiger partial charge in [0.1, 0.15) is 5.82 Å². The predicted octanol–water partition coefficient (Wildman–Crippen LogP) is 4.96. The van der Waals surface area contributed by atoms with E-state index in [2.05, 4.69) is 32.2 Å². The summed E-state index contributed by atoms with van der Waals surface area (Å²) >= 11 is 0. The highest BCUT2D eigenvalue weighted by molar-refractivity contribution is 6.09. The Bertz CT molecular complexity index is 1120. The van der Waals surface area contributed by atoms with E-state index in [4.69, 9.17) is 4.99 Å². The van der Waals surface area contributed by atoms with E-state index in [9.17, 15) is 9.59 Å². The van der Waals surface area contributed by atoms with E-state index in [-0.39, 0.29) is 23.3 Å². The molecule has 1 atom stereocenters. The SMILES string of the molecule is CC=N/C(NC1(C)CC1)=C(/C(C(=O)N1CCCC2(C1)C(=O)N(C)c1ccccc12)=C(C)C)C(C)C. The summed E-state index contributed by atoms with van der Waals surface area (Å²) in [6.45, 7) is 13.4. The highest BCUT2D eigenvalue weighted by atomic mass is 16.2. The van der Waals surface area contributed by atoms with Crippen molar-refractivity contribution in [2.24, 2.45) is 10.9 Å². The third-order valence-corrected chi connectivity index (χ3v) is 7.77. The van der Waals surface area contributed by atoms with Gasteiger partial charge in [0.15, 0.2) is 0 Å². The first kappa shape index (κ1) is 25.2. The summed E-state index contributed by atoms with van der Waals surface area (Å²) in [4.78, 5) is 36.2. The van der Waals surface area contributed by atoms with E-state index in [0.717, 1.165) is 59.5 Å². The maximum atomic E-state index is 14.2. The number of likely N-dealkylation sites (tertiary alicyclic amines) is 1. The molecule has 1 N–H and O–H groups in total. The van der Waals surface area contributed by atoms with Crippen molar-refractivity contribution in [1.29, 1.82) is 0 Å². The van der Waals surface area contributed by atoms with E-state index in [1.165, 1.54) is 0 Å². The van der Waals surface area contributed by atoms with Crippen molar-refractivity contribution in [3.8, 4) is 0 Å². The van der Waals surface area contributed by atoms with Gasteiger partial charge in [0.2, 0.25) is 5.91 Å². The van der Waals surface area contributed by atoms with Crippen molar-refractivity contribution in [2.45, 2.75) is 78.2 Å². The Kier molecular flexibility index (Phi) is 6.69. The molecule has 2 aliphatic heterocycles. The lowest BCUT2D eigenvalue weighted by Gasteiger charge is -2.40. The normalized spacial score (nSPS) is 23.6. The Balaban J connectivity index is 1.74. The maximum Gasteiger partial charge on any atom is 0.254 e. The highest BCUT2D eigenvalue weighted by Gasteiger charge is 2.52. The van der Waals surface area contributed by atoms with E-state index >= 15 is 0 Å². The molecule has 1 saturated heterocycles. The first-order valence-corrected chi connectivity index (χ1v) is 12.9. The summed E-state index contributed by atoms with van der Waals surface area (Å²) in [6, 6.07) is 8.02. The lowest BCUT2D eigenvalue weighted by molar-refractivity contribution is -0.132. The average Bonchev–Trinajstić information content (AvgIpc) is 3.52. The van der Waals surface area contributed by atoms with Gasteiger partial charge in [0.05, 0.1) is 5.41 Å². The highest BCUT2D eigenvalue weighted by Crippen LogP contribution is 2.46. The second kappa shape index (κ2) is 9.29. The van der Waals surface area contributed by atoms with Crippen LogP contribution < -0.4 is 10.2 Å². The van der Waals surface area contributed by atoms with Crippen molar-refractivity contribution in [2.75, 3.05) is 25.0 Å². The molecule has 1 spiro atoms. The summed E-state index contributed by atoms with van der Waals surface area (Å²) in [5.41, 5.74) is 4.02. The number of hydrogen-bond acceptors (Lipinski definition) is 4. The molecular formula is C29H40N4O2. The maximum absolute atomic E-state index is 14.2. The zero-order valence-corrected chi connectivity index (χ0v) is 22.4. The Labute approximate surface area is 210 Å². The van der Waals surface area contributed by atoms with Crippen LogP contribution in [0.5, 0.6) is 0 Å². The minimum atomic E-state index is -0.669. The van der Waals surface area contributed by atoms with Gasteiger partial charge in [-0.3, -0.25) is 9.59 Å². The van der Waals surface area contributed by atoms with Crippen molar-refractivity contribution in [1.82, 2.24) is 10.2 Å². The molecule has 4 rings (SSSR count). The molecule has 35 heavy (non-hydrogen) atoms. The molecule has 188 valence electrons. The lowest BCUT2D eigenvalue weighted by atomic mass is 9.74. The molecule has 2 amide bonds. The minimum absolute atomic E-state index is 0.000776. The molecular weight excluding hydrogens is 436 g/mol. The quantitative estimate of drug-likeness (QED) is 0.359. The topological polar surface area (TPSA) is 65.0 Å². The van der Waals surface area contributed by atoms with Crippen LogP contribution in [0.2, 0.25) is 0 Å². The van der Waals surface area contributed by atoms with Crippen LogP contribution in [-0.4, -0.2) is 48.6 Å². The number of para-hydroxylation sites is 1. The number of amides is 2. The number of likely N-dealkylation sites (N-methyl/N-ethyl adjacent to an activating group) is 1. The zero-order chi connectivity index (χ0) is 25.5. The minimum Gasteiger partial charge on any atom is -0.365 e. The summed E-state index contributed by atoms with van der Waals surface area (Å²) < 4.78 is 0. The second-order valence-electron chi connectivity index (χ2n) is 11.2. The molecule has 6 nitrogen and oxygen atoms in total. The monoisotopic (exact) mass is 476 g/mol. The van der Waals surface area contributed by atoms with Crippen LogP contribution in [0.3, 0.4) is 0 Å². The van der Waals surface area contributed by atoms with Gasteiger partial charge >= 0.3 is 0 Å². The average molecular weight is 477 g/mol. The largest absolute Gasteiger partial charge is 0.365 e. The summed E-state index contributed by atoms with van der Waals surface area (Å²) in [7, 11) is 1.84. The van der Waals surface area contributed by atoms with Crippen LogP contribution in [0, 0.1) is 5.92 Å². The smallest absolute Gasteiger partial charge is 0.254 e. The number of rotatable bonds is 6. The third kappa shape index (κ3) is 4.43. The van der Waals surface area contributed by atoms with Crippen LogP contribution in [0.4, 0.5) is 5.69 Å². The van der Waals surface area contributed by atoms with Gasteiger partial charge in [-0.15, -0.1) is 0 Å². The van der Waals surface area contributed by atoms with Gasteiger partial charge < -0.3 is 15.1 Å². The fraction of sp³-hybridized carbons (Fsp3) is 0.552. The molecule has 2 heterocycles. The predicted molar refractivity (Wildman–Crippen MR) is 143 cm³/mol. The van der Waals surface area contributed by atoms with Crippen LogP contribution >= 0.6 is 0 Å². The van der Waals surface area contributed by atoms with Crippen LogP contribution in [-0.2, 0) is 15.0 Å². The Hall–Kier alpha value is -2.89. The Morgan fingerprint density at radius 3 is 2.46 bits per heavy atom. The van der Waals surface area contributed by atoms with E-state index in [0.29, 0.717) is 13.1 Å².